The van der Waals surface area contributed by atoms with E-state index in [9.17, 15) is 4.79 Å². The molecule has 0 radical (unpaired) electrons. The van der Waals surface area contributed by atoms with Crippen LogP contribution in [-0.2, 0) is 9.53 Å². The lowest BCUT2D eigenvalue weighted by Crippen LogP contribution is -2.58. The average molecular weight is 303 g/mol. The normalized spacial score (nSPS) is 21.5. The van der Waals surface area contributed by atoms with E-state index in [2.05, 4.69) is 64.6 Å². The summed E-state index contributed by atoms with van der Waals surface area (Å²) >= 11 is 0. The van der Waals surface area contributed by atoms with Crippen LogP contribution in [0.15, 0.2) is 18.2 Å². The second kappa shape index (κ2) is 5.94. The molecule has 0 unspecified atom stereocenters. The molecule has 1 heterocycles. The molecular weight excluding hydrogens is 274 g/mol. The second-order valence-electron chi connectivity index (χ2n) is 7.51. The van der Waals surface area contributed by atoms with Crippen molar-refractivity contribution in [3.8, 4) is 0 Å². The maximum absolute atomic E-state index is 12.5. The van der Waals surface area contributed by atoms with Gasteiger partial charge >= 0.3 is 5.97 Å². The lowest BCUT2D eigenvalue weighted by Gasteiger charge is -2.52. The van der Waals surface area contributed by atoms with Crippen molar-refractivity contribution in [2.45, 2.75) is 65.5 Å². The number of rotatable bonds is 3. The van der Waals surface area contributed by atoms with Crippen molar-refractivity contribution in [3.05, 3.63) is 29.3 Å². The SMILES string of the molecule is COC(=O)[C@@H](C(C)C)N1c2c(C)cccc2[C@@H](C)CC1(C)C. The number of para-hydroxylation sites is 1. The number of fused-ring (bicyclic) bond motifs is 1. The molecule has 0 spiro atoms. The first-order valence-corrected chi connectivity index (χ1v) is 8.17. The fourth-order valence-electron chi connectivity index (χ4n) is 3.98. The molecule has 0 N–H and O–H groups in total. The standard InChI is InChI=1S/C19H29NO2/c1-12(2)16(18(21)22-7)20-17-13(3)9-8-10-15(17)14(4)11-19(20,5)6/h8-10,12,14,16H,11H2,1-7H3/t14-,16+/m0/s1. The van der Waals surface area contributed by atoms with Crippen LogP contribution >= 0.6 is 0 Å². The van der Waals surface area contributed by atoms with E-state index in [-0.39, 0.29) is 23.5 Å². The summed E-state index contributed by atoms with van der Waals surface area (Å²) in [5.74, 6) is 0.533. The molecule has 122 valence electrons. The van der Waals surface area contributed by atoms with E-state index in [0.717, 1.165) is 6.42 Å². The van der Waals surface area contributed by atoms with Crippen molar-refractivity contribution >= 4 is 11.7 Å². The van der Waals surface area contributed by atoms with Gasteiger partial charge in [-0.3, -0.25) is 0 Å². The summed E-state index contributed by atoms with van der Waals surface area (Å²) in [5, 5.41) is 0. The summed E-state index contributed by atoms with van der Waals surface area (Å²) in [4.78, 5) is 14.8. The number of carbonyl (C=O) groups excluding carboxylic acids is 1. The summed E-state index contributed by atoms with van der Waals surface area (Å²) in [5.41, 5.74) is 3.71. The molecule has 1 aliphatic rings. The van der Waals surface area contributed by atoms with Crippen molar-refractivity contribution in [2.75, 3.05) is 12.0 Å². The van der Waals surface area contributed by atoms with Crippen molar-refractivity contribution in [1.82, 2.24) is 0 Å². The van der Waals surface area contributed by atoms with Gasteiger partial charge in [-0.15, -0.1) is 0 Å². The predicted octanol–water partition coefficient (Wildman–Crippen LogP) is 4.28. The first kappa shape index (κ1) is 16.9. The number of methoxy groups -OCH3 is 1. The summed E-state index contributed by atoms with van der Waals surface area (Å²) in [6, 6.07) is 6.19. The fraction of sp³-hybridized carbons (Fsp3) is 0.632. The van der Waals surface area contributed by atoms with Crippen LogP contribution in [0.25, 0.3) is 0 Å². The molecule has 1 aliphatic heterocycles. The lowest BCUT2D eigenvalue weighted by molar-refractivity contribution is -0.143. The van der Waals surface area contributed by atoms with Crippen LogP contribution in [0, 0.1) is 12.8 Å². The Bertz CT molecular complexity index is 563. The van der Waals surface area contributed by atoms with E-state index >= 15 is 0 Å². The zero-order chi connectivity index (χ0) is 16.7. The van der Waals surface area contributed by atoms with Gasteiger partial charge in [-0.1, -0.05) is 39.0 Å². The Kier molecular flexibility index (Phi) is 4.55. The average Bonchev–Trinajstić information content (AvgIpc) is 2.42. The minimum Gasteiger partial charge on any atom is -0.467 e. The van der Waals surface area contributed by atoms with Crippen LogP contribution in [0.2, 0.25) is 0 Å². The largest absolute Gasteiger partial charge is 0.467 e. The molecule has 2 atom stereocenters. The molecule has 0 saturated carbocycles. The number of anilines is 1. The maximum Gasteiger partial charge on any atom is 0.328 e. The van der Waals surface area contributed by atoms with Crippen LogP contribution in [0.4, 0.5) is 5.69 Å². The number of nitrogens with zero attached hydrogens (tertiary/aromatic N) is 1. The highest BCUT2D eigenvalue weighted by atomic mass is 16.5. The summed E-state index contributed by atoms with van der Waals surface area (Å²) in [7, 11) is 1.48. The molecule has 0 saturated heterocycles. The molecule has 22 heavy (non-hydrogen) atoms. The molecule has 0 aliphatic carbocycles. The minimum atomic E-state index is -0.257. The smallest absolute Gasteiger partial charge is 0.328 e. The Balaban J connectivity index is 2.66. The summed E-state index contributed by atoms with van der Waals surface area (Å²) < 4.78 is 5.12. The van der Waals surface area contributed by atoms with E-state index in [1.54, 1.807) is 0 Å². The highest BCUT2D eigenvalue weighted by Crippen LogP contribution is 2.46. The third-order valence-electron chi connectivity index (χ3n) is 4.85. The molecule has 0 amide bonds. The molecule has 0 bridgehead atoms. The Labute approximate surface area is 134 Å². The Morgan fingerprint density at radius 3 is 2.55 bits per heavy atom. The van der Waals surface area contributed by atoms with Crippen LogP contribution in [-0.4, -0.2) is 24.7 Å². The number of ether oxygens (including phenoxy) is 1. The second-order valence-corrected chi connectivity index (χ2v) is 7.51. The minimum absolute atomic E-state index is 0.0817. The first-order valence-electron chi connectivity index (χ1n) is 8.17. The summed E-state index contributed by atoms with van der Waals surface area (Å²) in [6.45, 7) is 13.1. The quantitative estimate of drug-likeness (QED) is 0.780. The molecular formula is C19H29NO2. The maximum atomic E-state index is 12.5. The zero-order valence-electron chi connectivity index (χ0n) is 14.9. The highest BCUT2D eigenvalue weighted by Gasteiger charge is 2.44. The van der Waals surface area contributed by atoms with Crippen molar-refractivity contribution < 1.29 is 9.53 Å². The van der Waals surface area contributed by atoms with Gasteiger partial charge in [0.25, 0.3) is 0 Å². The van der Waals surface area contributed by atoms with Crippen LogP contribution in [0.5, 0.6) is 0 Å². The molecule has 0 aromatic heterocycles. The van der Waals surface area contributed by atoms with E-state index in [4.69, 9.17) is 4.74 Å². The first-order chi connectivity index (χ1) is 10.2. The van der Waals surface area contributed by atoms with Crippen molar-refractivity contribution in [2.24, 2.45) is 5.92 Å². The molecule has 3 nitrogen and oxygen atoms in total. The highest BCUT2D eigenvalue weighted by molar-refractivity contribution is 5.82. The lowest BCUT2D eigenvalue weighted by atomic mass is 9.77. The Morgan fingerprint density at radius 1 is 1.36 bits per heavy atom. The molecule has 0 fully saturated rings. The topological polar surface area (TPSA) is 29.5 Å². The third-order valence-corrected chi connectivity index (χ3v) is 4.85. The number of aryl methyl sites for hydroxylation is 1. The number of carbonyl (C=O) groups is 1. The van der Waals surface area contributed by atoms with Gasteiger partial charge in [-0.05, 0) is 50.2 Å². The van der Waals surface area contributed by atoms with Crippen molar-refractivity contribution in [1.29, 1.82) is 0 Å². The van der Waals surface area contributed by atoms with Gasteiger partial charge < -0.3 is 9.64 Å². The van der Waals surface area contributed by atoms with Gasteiger partial charge in [0.1, 0.15) is 6.04 Å². The van der Waals surface area contributed by atoms with Crippen LogP contribution in [0.3, 0.4) is 0 Å². The molecule has 1 aromatic rings. The zero-order valence-corrected chi connectivity index (χ0v) is 14.9. The third kappa shape index (κ3) is 2.73. The number of benzene rings is 1. The van der Waals surface area contributed by atoms with E-state index < -0.39 is 0 Å². The van der Waals surface area contributed by atoms with E-state index in [0.29, 0.717) is 5.92 Å². The van der Waals surface area contributed by atoms with Gasteiger partial charge in [0.05, 0.1) is 7.11 Å². The van der Waals surface area contributed by atoms with Gasteiger partial charge in [0.15, 0.2) is 0 Å². The molecule has 3 heteroatoms. The van der Waals surface area contributed by atoms with Crippen LogP contribution in [0.1, 0.15) is 58.1 Å². The van der Waals surface area contributed by atoms with Gasteiger partial charge in [-0.2, -0.15) is 0 Å². The fourth-order valence-corrected chi connectivity index (χ4v) is 3.98. The van der Waals surface area contributed by atoms with Gasteiger partial charge in [-0.25, -0.2) is 4.79 Å². The number of hydrogen-bond donors (Lipinski definition) is 0. The number of hydrogen-bond acceptors (Lipinski definition) is 3. The summed E-state index contributed by atoms with van der Waals surface area (Å²) in [6.07, 6.45) is 1.03. The predicted molar refractivity (Wildman–Crippen MR) is 91.4 cm³/mol. The van der Waals surface area contributed by atoms with E-state index in [1.807, 2.05) is 0 Å². The monoisotopic (exact) mass is 303 g/mol. The van der Waals surface area contributed by atoms with Crippen LogP contribution < -0.4 is 4.90 Å². The molecule has 1 aromatic carbocycles. The Morgan fingerprint density at radius 2 is 2.00 bits per heavy atom. The van der Waals surface area contributed by atoms with Crippen molar-refractivity contribution in [3.63, 3.8) is 0 Å². The van der Waals surface area contributed by atoms with Gasteiger partial charge in [0.2, 0.25) is 0 Å². The van der Waals surface area contributed by atoms with Gasteiger partial charge in [0, 0.05) is 11.2 Å². The van der Waals surface area contributed by atoms with E-state index in [1.165, 1.54) is 23.9 Å². The molecule has 2 rings (SSSR count). The number of esters is 1. The Hall–Kier alpha value is -1.51.